The number of methoxy groups -OCH3 is 1. The summed E-state index contributed by atoms with van der Waals surface area (Å²) in [6.07, 6.45) is 0.692. The molecule has 0 saturated heterocycles. The predicted molar refractivity (Wildman–Crippen MR) is 106 cm³/mol. The zero-order valence-electron chi connectivity index (χ0n) is 16.7. The topological polar surface area (TPSA) is 84.8 Å². The Hall–Kier alpha value is -3.09. The zero-order chi connectivity index (χ0) is 19.8. The summed E-state index contributed by atoms with van der Waals surface area (Å²) in [5, 5.41) is 7.58. The number of carbonyl (C=O) groups is 1. The van der Waals surface area contributed by atoms with Gasteiger partial charge in [0.15, 0.2) is 0 Å². The molecule has 0 bridgehead atoms. The number of carbonyl (C=O) groups excluding carboxylic acids is 1. The number of H-pyrrole nitrogens is 1. The predicted octanol–water partition coefficient (Wildman–Crippen LogP) is 2.66. The number of amides is 1. The Morgan fingerprint density at radius 2 is 2.04 bits per heavy atom. The monoisotopic (exact) mass is 379 g/mol. The number of benzene rings is 1. The van der Waals surface area contributed by atoms with Crippen LogP contribution in [-0.2, 0) is 13.0 Å². The van der Waals surface area contributed by atoms with Crippen molar-refractivity contribution in [2.75, 3.05) is 13.7 Å². The number of imidazole rings is 1. The number of aryl methyl sites for hydroxylation is 1. The van der Waals surface area contributed by atoms with Gasteiger partial charge in [0.25, 0.3) is 5.91 Å². The molecule has 1 atom stereocenters. The second-order valence-corrected chi connectivity index (χ2v) is 7.32. The SMILES string of the molecule is COc1ccccc1[C@@H]1CNC(=O)c2nc(Cn3nc(C)c(C)c3C)[nH]c2C1. The maximum absolute atomic E-state index is 12.6. The Morgan fingerprint density at radius 3 is 2.75 bits per heavy atom. The van der Waals surface area contributed by atoms with Crippen molar-refractivity contribution in [2.45, 2.75) is 39.7 Å². The first kappa shape index (κ1) is 18.3. The number of hydrogen-bond donors (Lipinski definition) is 2. The molecule has 2 N–H and O–H groups in total. The number of para-hydroxylation sites is 1. The standard InChI is InChI=1S/C21H25N5O2/c1-12-13(2)25-26(14(12)3)11-19-23-17-9-15(10-22-21(27)20(17)24-19)16-7-5-6-8-18(16)28-4/h5-8,15H,9-11H2,1-4H3,(H,22,27)(H,23,24)/t15-/m0/s1. The highest BCUT2D eigenvalue weighted by molar-refractivity contribution is 5.94. The van der Waals surface area contributed by atoms with Gasteiger partial charge in [0.2, 0.25) is 0 Å². The minimum atomic E-state index is -0.139. The van der Waals surface area contributed by atoms with E-state index >= 15 is 0 Å². The number of ether oxygens (including phenoxy) is 1. The molecule has 3 aromatic rings. The number of nitrogens with zero attached hydrogens (tertiary/aromatic N) is 3. The molecule has 0 radical (unpaired) electrons. The Labute approximate surface area is 164 Å². The van der Waals surface area contributed by atoms with Gasteiger partial charge in [-0.1, -0.05) is 18.2 Å². The van der Waals surface area contributed by atoms with Crippen LogP contribution in [0.5, 0.6) is 5.75 Å². The average molecular weight is 379 g/mol. The van der Waals surface area contributed by atoms with Crippen molar-refractivity contribution < 1.29 is 9.53 Å². The van der Waals surface area contributed by atoms with Crippen molar-refractivity contribution in [3.8, 4) is 5.75 Å². The van der Waals surface area contributed by atoms with Gasteiger partial charge < -0.3 is 15.0 Å². The van der Waals surface area contributed by atoms with Crippen molar-refractivity contribution in [2.24, 2.45) is 0 Å². The molecule has 7 heteroatoms. The summed E-state index contributed by atoms with van der Waals surface area (Å²) < 4.78 is 7.44. The first-order chi connectivity index (χ1) is 13.5. The number of aromatic nitrogens is 4. The van der Waals surface area contributed by atoms with Crippen LogP contribution in [0.4, 0.5) is 0 Å². The maximum atomic E-state index is 12.6. The number of fused-ring (bicyclic) bond motifs is 1. The molecule has 146 valence electrons. The van der Waals surface area contributed by atoms with Gasteiger partial charge in [-0.15, -0.1) is 0 Å². The van der Waals surface area contributed by atoms with Crippen LogP contribution in [0.3, 0.4) is 0 Å². The summed E-state index contributed by atoms with van der Waals surface area (Å²) in [7, 11) is 1.67. The van der Waals surface area contributed by atoms with Crippen LogP contribution in [0.15, 0.2) is 24.3 Å². The third-order valence-electron chi connectivity index (χ3n) is 5.62. The van der Waals surface area contributed by atoms with Gasteiger partial charge in [-0.25, -0.2) is 4.98 Å². The number of aromatic amines is 1. The van der Waals surface area contributed by atoms with Gasteiger partial charge in [-0.3, -0.25) is 9.48 Å². The van der Waals surface area contributed by atoms with E-state index in [4.69, 9.17) is 4.74 Å². The molecule has 0 aliphatic carbocycles. The Morgan fingerprint density at radius 1 is 1.25 bits per heavy atom. The Kier molecular flexibility index (Phi) is 4.66. The number of hydrogen-bond acceptors (Lipinski definition) is 4. The molecule has 1 amide bonds. The van der Waals surface area contributed by atoms with E-state index in [9.17, 15) is 4.79 Å². The lowest BCUT2D eigenvalue weighted by molar-refractivity contribution is 0.0950. The molecule has 0 saturated carbocycles. The van der Waals surface area contributed by atoms with Crippen molar-refractivity contribution in [1.82, 2.24) is 25.1 Å². The molecule has 0 fully saturated rings. The third kappa shape index (κ3) is 3.17. The van der Waals surface area contributed by atoms with E-state index in [1.807, 2.05) is 36.7 Å². The third-order valence-corrected chi connectivity index (χ3v) is 5.62. The van der Waals surface area contributed by atoms with Crippen LogP contribution in [0.25, 0.3) is 0 Å². The minimum absolute atomic E-state index is 0.116. The van der Waals surface area contributed by atoms with Gasteiger partial charge in [0.1, 0.15) is 17.3 Å². The highest BCUT2D eigenvalue weighted by Gasteiger charge is 2.27. The van der Waals surface area contributed by atoms with E-state index in [2.05, 4.69) is 33.4 Å². The molecule has 0 spiro atoms. The molecule has 7 nitrogen and oxygen atoms in total. The fourth-order valence-corrected chi connectivity index (χ4v) is 3.80. The fourth-order valence-electron chi connectivity index (χ4n) is 3.80. The van der Waals surface area contributed by atoms with Crippen LogP contribution < -0.4 is 10.1 Å². The summed E-state index contributed by atoms with van der Waals surface area (Å²) >= 11 is 0. The normalized spacial score (nSPS) is 16.4. The van der Waals surface area contributed by atoms with E-state index in [0.717, 1.165) is 34.2 Å². The summed E-state index contributed by atoms with van der Waals surface area (Å²) in [5.74, 6) is 1.56. The van der Waals surface area contributed by atoms with Gasteiger partial charge in [-0.05, 0) is 44.4 Å². The zero-order valence-corrected chi connectivity index (χ0v) is 16.7. The van der Waals surface area contributed by atoms with E-state index in [1.165, 1.54) is 5.56 Å². The highest BCUT2D eigenvalue weighted by atomic mass is 16.5. The molecule has 1 aliphatic heterocycles. The lowest BCUT2D eigenvalue weighted by atomic mass is 9.93. The first-order valence-electron chi connectivity index (χ1n) is 9.47. The van der Waals surface area contributed by atoms with E-state index < -0.39 is 0 Å². The minimum Gasteiger partial charge on any atom is -0.496 e. The van der Waals surface area contributed by atoms with Crippen molar-refractivity contribution in [3.05, 3.63) is 64.0 Å². The van der Waals surface area contributed by atoms with Crippen LogP contribution in [0, 0.1) is 20.8 Å². The molecule has 4 rings (SSSR count). The van der Waals surface area contributed by atoms with Crippen molar-refractivity contribution >= 4 is 5.91 Å². The summed E-state index contributed by atoms with van der Waals surface area (Å²) in [4.78, 5) is 20.5. The van der Waals surface area contributed by atoms with Crippen LogP contribution in [0.1, 0.15) is 50.4 Å². The molecular weight excluding hydrogens is 354 g/mol. The van der Waals surface area contributed by atoms with E-state index in [1.54, 1.807) is 7.11 Å². The fraction of sp³-hybridized carbons (Fsp3) is 0.381. The molecule has 2 aromatic heterocycles. The highest BCUT2D eigenvalue weighted by Crippen LogP contribution is 2.30. The summed E-state index contributed by atoms with van der Waals surface area (Å²) in [6.45, 7) is 7.18. The quantitative estimate of drug-likeness (QED) is 0.730. The molecule has 1 aliphatic rings. The molecular formula is C21H25N5O2. The summed E-state index contributed by atoms with van der Waals surface area (Å²) in [6, 6.07) is 7.95. The van der Waals surface area contributed by atoms with Crippen molar-refractivity contribution in [3.63, 3.8) is 0 Å². The van der Waals surface area contributed by atoms with Crippen LogP contribution in [-0.4, -0.2) is 39.3 Å². The van der Waals surface area contributed by atoms with Crippen LogP contribution >= 0.6 is 0 Å². The molecule has 1 aromatic carbocycles. The molecule has 3 heterocycles. The average Bonchev–Trinajstić information content (AvgIpc) is 3.15. The van der Waals surface area contributed by atoms with Gasteiger partial charge in [0, 0.05) is 23.9 Å². The number of rotatable bonds is 4. The largest absolute Gasteiger partial charge is 0.496 e. The number of nitrogens with one attached hydrogen (secondary N) is 2. The van der Waals surface area contributed by atoms with Crippen molar-refractivity contribution in [1.29, 1.82) is 0 Å². The summed E-state index contributed by atoms with van der Waals surface area (Å²) in [5.41, 5.74) is 5.73. The lowest BCUT2D eigenvalue weighted by Crippen LogP contribution is -2.26. The van der Waals surface area contributed by atoms with Crippen LogP contribution in [0.2, 0.25) is 0 Å². The second-order valence-electron chi connectivity index (χ2n) is 7.32. The maximum Gasteiger partial charge on any atom is 0.271 e. The Balaban J connectivity index is 1.64. The first-order valence-corrected chi connectivity index (χ1v) is 9.47. The van der Waals surface area contributed by atoms with E-state index in [0.29, 0.717) is 25.2 Å². The second kappa shape index (κ2) is 7.14. The van der Waals surface area contributed by atoms with Gasteiger partial charge in [0.05, 0.1) is 19.3 Å². The lowest BCUT2D eigenvalue weighted by Gasteiger charge is -2.17. The van der Waals surface area contributed by atoms with Gasteiger partial charge in [-0.2, -0.15) is 5.10 Å². The van der Waals surface area contributed by atoms with Gasteiger partial charge >= 0.3 is 0 Å². The molecule has 28 heavy (non-hydrogen) atoms. The molecule has 0 unspecified atom stereocenters. The van der Waals surface area contributed by atoms with E-state index in [-0.39, 0.29) is 11.8 Å². The Bertz CT molecular complexity index is 1030. The smallest absolute Gasteiger partial charge is 0.271 e.